The van der Waals surface area contributed by atoms with E-state index in [1.54, 1.807) is 17.4 Å². The van der Waals surface area contributed by atoms with Crippen molar-refractivity contribution in [2.75, 3.05) is 5.32 Å². The summed E-state index contributed by atoms with van der Waals surface area (Å²) in [5.41, 5.74) is 1.90. The summed E-state index contributed by atoms with van der Waals surface area (Å²) in [6.45, 7) is 6.16. The molecule has 1 aromatic heterocycles. The van der Waals surface area contributed by atoms with Crippen LogP contribution in [0.1, 0.15) is 28.5 Å². The van der Waals surface area contributed by atoms with E-state index in [9.17, 15) is 0 Å². The van der Waals surface area contributed by atoms with Gasteiger partial charge in [0.25, 0.3) is 0 Å². The van der Waals surface area contributed by atoms with Gasteiger partial charge < -0.3 is 5.32 Å². The van der Waals surface area contributed by atoms with Crippen LogP contribution in [0.15, 0.2) is 18.2 Å². The van der Waals surface area contributed by atoms with E-state index in [0.29, 0.717) is 10.0 Å². The van der Waals surface area contributed by atoms with E-state index in [4.69, 9.17) is 23.2 Å². The summed E-state index contributed by atoms with van der Waals surface area (Å²) in [7, 11) is 0. The van der Waals surface area contributed by atoms with Crippen LogP contribution in [-0.4, -0.2) is 4.98 Å². The van der Waals surface area contributed by atoms with Gasteiger partial charge in [0, 0.05) is 4.88 Å². The monoisotopic (exact) mass is 300 g/mol. The topological polar surface area (TPSA) is 24.9 Å². The van der Waals surface area contributed by atoms with Gasteiger partial charge in [-0.15, -0.1) is 11.3 Å². The molecule has 0 spiro atoms. The van der Waals surface area contributed by atoms with Gasteiger partial charge in [-0.1, -0.05) is 29.3 Å². The van der Waals surface area contributed by atoms with Gasteiger partial charge in [0.15, 0.2) is 0 Å². The van der Waals surface area contributed by atoms with Crippen LogP contribution in [0.4, 0.5) is 5.69 Å². The molecule has 0 aliphatic heterocycles. The molecule has 2 aromatic rings. The van der Waals surface area contributed by atoms with Crippen LogP contribution in [0.25, 0.3) is 0 Å². The molecule has 0 saturated heterocycles. The van der Waals surface area contributed by atoms with Crippen LogP contribution in [0.5, 0.6) is 0 Å². The Hall–Kier alpha value is -0.770. The van der Waals surface area contributed by atoms with Crippen molar-refractivity contribution in [2.24, 2.45) is 0 Å². The summed E-state index contributed by atoms with van der Waals surface area (Å²) >= 11 is 13.9. The fourth-order valence-electron chi connectivity index (χ4n) is 1.86. The largest absolute Gasteiger partial charge is 0.376 e. The minimum Gasteiger partial charge on any atom is -0.376 e. The zero-order chi connectivity index (χ0) is 13.3. The molecule has 1 atom stereocenters. The molecule has 0 bridgehead atoms. The Balaban J connectivity index is 2.24. The van der Waals surface area contributed by atoms with E-state index >= 15 is 0 Å². The predicted molar refractivity (Wildman–Crippen MR) is 80.1 cm³/mol. The average Bonchev–Trinajstić information content (AvgIpc) is 2.64. The van der Waals surface area contributed by atoms with E-state index in [-0.39, 0.29) is 6.04 Å². The van der Waals surface area contributed by atoms with Gasteiger partial charge in [0.2, 0.25) is 0 Å². The quantitative estimate of drug-likeness (QED) is 0.838. The molecule has 0 amide bonds. The molecule has 0 fully saturated rings. The lowest BCUT2D eigenvalue weighted by Crippen LogP contribution is -2.08. The lowest BCUT2D eigenvalue weighted by Gasteiger charge is -2.15. The first kappa shape index (κ1) is 13.7. The van der Waals surface area contributed by atoms with Crippen molar-refractivity contribution in [2.45, 2.75) is 26.8 Å². The Morgan fingerprint density at radius 1 is 1.28 bits per heavy atom. The van der Waals surface area contributed by atoms with Crippen molar-refractivity contribution >= 4 is 40.2 Å². The van der Waals surface area contributed by atoms with Crippen LogP contribution >= 0.6 is 34.5 Å². The van der Waals surface area contributed by atoms with Crippen LogP contribution < -0.4 is 5.32 Å². The van der Waals surface area contributed by atoms with Gasteiger partial charge in [-0.3, -0.25) is 0 Å². The smallest absolute Gasteiger partial charge is 0.0901 e. The number of aryl methyl sites for hydroxylation is 2. The first-order chi connectivity index (χ1) is 8.49. The van der Waals surface area contributed by atoms with Gasteiger partial charge in [0.1, 0.15) is 0 Å². The van der Waals surface area contributed by atoms with Crippen molar-refractivity contribution in [1.29, 1.82) is 0 Å². The van der Waals surface area contributed by atoms with Crippen molar-refractivity contribution in [3.05, 3.63) is 43.8 Å². The van der Waals surface area contributed by atoms with Crippen LogP contribution in [0.3, 0.4) is 0 Å². The summed E-state index contributed by atoms with van der Waals surface area (Å²) in [6, 6.07) is 5.67. The number of halogens is 2. The maximum absolute atomic E-state index is 6.16. The molecule has 1 N–H and O–H groups in total. The molecule has 96 valence electrons. The summed E-state index contributed by atoms with van der Waals surface area (Å²) in [5, 5.41) is 5.53. The molecule has 0 radical (unpaired) electrons. The summed E-state index contributed by atoms with van der Waals surface area (Å²) < 4.78 is 0. The molecule has 18 heavy (non-hydrogen) atoms. The van der Waals surface area contributed by atoms with Gasteiger partial charge in [0.05, 0.1) is 32.5 Å². The minimum absolute atomic E-state index is 0.103. The van der Waals surface area contributed by atoms with E-state index in [1.165, 1.54) is 4.88 Å². The van der Waals surface area contributed by atoms with Crippen molar-refractivity contribution in [1.82, 2.24) is 4.98 Å². The molecule has 1 heterocycles. The maximum Gasteiger partial charge on any atom is 0.0901 e. The van der Waals surface area contributed by atoms with E-state index in [2.05, 4.69) is 24.1 Å². The summed E-state index contributed by atoms with van der Waals surface area (Å²) in [6.07, 6.45) is 0. The Kier molecular flexibility index (Phi) is 4.15. The van der Waals surface area contributed by atoms with E-state index in [1.807, 2.05) is 19.1 Å². The molecule has 1 unspecified atom stereocenters. The first-order valence-electron chi connectivity index (χ1n) is 5.63. The summed E-state index contributed by atoms with van der Waals surface area (Å²) in [5.74, 6) is 0. The molecule has 5 heteroatoms. The predicted octanol–water partition coefficient (Wildman–Crippen LogP) is 5.24. The maximum atomic E-state index is 6.16. The van der Waals surface area contributed by atoms with Crippen LogP contribution in [-0.2, 0) is 0 Å². The fraction of sp³-hybridized carbons (Fsp3) is 0.308. The Morgan fingerprint density at radius 3 is 2.61 bits per heavy atom. The Labute approximate surface area is 121 Å². The lowest BCUT2D eigenvalue weighted by molar-refractivity contribution is 0.837. The van der Waals surface area contributed by atoms with Crippen molar-refractivity contribution < 1.29 is 0 Å². The number of hydrogen-bond donors (Lipinski definition) is 1. The van der Waals surface area contributed by atoms with Gasteiger partial charge in [-0.2, -0.15) is 0 Å². The fourth-order valence-corrected chi connectivity index (χ4v) is 3.13. The van der Waals surface area contributed by atoms with Crippen molar-refractivity contribution in [3.63, 3.8) is 0 Å². The number of hydrogen-bond acceptors (Lipinski definition) is 3. The zero-order valence-corrected chi connectivity index (χ0v) is 12.7. The molecule has 0 saturated carbocycles. The third kappa shape index (κ3) is 2.79. The molecule has 0 aliphatic carbocycles. The number of aromatic nitrogens is 1. The van der Waals surface area contributed by atoms with E-state index < -0.39 is 0 Å². The second-order valence-corrected chi connectivity index (χ2v) is 6.33. The highest BCUT2D eigenvalue weighted by Gasteiger charge is 2.14. The number of thiazole rings is 1. The Bertz CT molecular complexity index is 566. The molecule has 0 aliphatic rings. The summed E-state index contributed by atoms with van der Waals surface area (Å²) in [4.78, 5) is 5.77. The molecule has 2 rings (SSSR count). The van der Waals surface area contributed by atoms with E-state index in [0.717, 1.165) is 16.4 Å². The SMILES string of the molecule is Cc1nc(C(C)Nc2cccc(Cl)c2Cl)c(C)s1. The molecular formula is C13H14Cl2N2S. The highest BCUT2D eigenvalue weighted by atomic mass is 35.5. The average molecular weight is 301 g/mol. The number of nitrogens with one attached hydrogen (secondary N) is 1. The number of benzene rings is 1. The molecule has 2 nitrogen and oxygen atoms in total. The third-order valence-corrected chi connectivity index (χ3v) is 4.39. The number of anilines is 1. The third-order valence-electron chi connectivity index (χ3n) is 2.67. The number of rotatable bonds is 3. The minimum atomic E-state index is 0.103. The molecular weight excluding hydrogens is 287 g/mol. The zero-order valence-electron chi connectivity index (χ0n) is 10.4. The standard InChI is InChI=1S/C13H14Cl2N2S/c1-7(13-8(2)18-9(3)17-13)16-11-6-4-5-10(14)12(11)15/h4-7,16H,1-3H3. The first-order valence-corrected chi connectivity index (χ1v) is 7.20. The Morgan fingerprint density at radius 2 is 2.00 bits per heavy atom. The van der Waals surface area contributed by atoms with Crippen molar-refractivity contribution in [3.8, 4) is 0 Å². The highest BCUT2D eigenvalue weighted by Crippen LogP contribution is 2.33. The second kappa shape index (κ2) is 5.47. The number of nitrogens with zero attached hydrogens (tertiary/aromatic N) is 1. The second-order valence-electron chi connectivity index (χ2n) is 4.14. The highest BCUT2D eigenvalue weighted by molar-refractivity contribution is 7.11. The van der Waals surface area contributed by atoms with Gasteiger partial charge >= 0.3 is 0 Å². The normalized spacial score (nSPS) is 12.5. The van der Waals surface area contributed by atoms with Crippen LogP contribution in [0.2, 0.25) is 10.0 Å². The van der Waals surface area contributed by atoms with Gasteiger partial charge in [-0.05, 0) is 32.9 Å². The molecule has 1 aromatic carbocycles. The lowest BCUT2D eigenvalue weighted by atomic mass is 10.2. The van der Waals surface area contributed by atoms with Gasteiger partial charge in [-0.25, -0.2) is 4.98 Å². The van der Waals surface area contributed by atoms with Crippen LogP contribution in [0, 0.1) is 13.8 Å².